The van der Waals surface area contributed by atoms with E-state index in [0.717, 1.165) is 12.8 Å². The Kier molecular flexibility index (Phi) is 4.85. The number of benzene rings is 1. The van der Waals surface area contributed by atoms with Crippen molar-refractivity contribution in [3.05, 3.63) is 29.8 Å². The lowest BCUT2D eigenvalue weighted by atomic mass is 9.89. The number of piperazine rings is 1. The van der Waals surface area contributed by atoms with Crippen LogP contribution in [-0.4, -0.2) is 65.0 Å². The van der Waals surface area contributed by atoms with Crippen LogP contribution in [0.3, 0.4) is 0 Å². The Labute approximate surface area is 154 Å². The third kappa shape index (κ3) is 3.70. The molecule has 1 aromatic carbocycles. The summed E-state index contributed by atoms with van der Waals surface area (Å²) in [4.78, 5) is 28.9. The lowest BCUT2D eigenvalue weighted by molar-refractivity contribution is -0.134. The first-order valence-corrected chi connectivity index (χ1v) is 9.70. The number of nitrogens with one attached hydrogen (secondary N) is 1. The summed E-state index contributed by atoms with van der Waals surface area (Å²) in [5.41, 5.74) is 0.577. The summed E-state index contributed by atoms with van der Waals surface area (Å²) in [6.07, 6.45) is 5.42. The van der Waals surface area contributed by atoms with Gasteiger partial charge in [0.1, 0.15) is 5.75 Å². The van der Waals surface area contributed by atoms with Gasteiger partial charge in [-0.15, -0.1) is 0 Å². The predicted molar refractivity (Wildman–Crippen MR) is 97.9 cm³/mol. The standard InChI is InChI=1S/C20H27N3O3/c24-18-5-1-15(2-6-18)20(26)23-9-7-22(8-10-23)19(25)13-14-11-16-3-4-17(12-14)21-16/h1-2,5-6,14,16-17,21,24H,3-4,7-13H2. The van der Waals surface area contributed by atoms with Crippen molar-refractivity contribution in [1.82, 2.24) is 15.1 Å². The molecule has 0 radical (unpaired) electrons. The van der Waals surface area contributed by atoms with Gasteiger partial charge in [0, 0.05) is 50.2 Å². The molecule has 2 amide bonds. The van der Waals surface area contributed by atoms with Gasteiger partial charge in [0.15, 0.2) is 0 Å². The fraction of sp³-hybridized carbons (Fsp3) is 0.600. The third-order valence-electron chi connectivity index (χ3n) is 6.07. The molecule has 2 N–H and O–H groups in total. The molecule has 3 aliphatic rings. The average Bonchev–Trinajstić information content (AvgIpc) is 3.00. The summed E-state index contributed by atoms with van der Waals surface area (Å²) >= 11 is 0. The number of carbonyl (C=O) groups is 2. The van der Waals surface area contributed by atoms with Crippen molar-refractivity contribution < 1.29 is 14.7 Å². The molecule has 4 rings (SSSR count). The van der Waals surface area contributed by atoms with Crippen LogP contribution in [-0.2, 0) is 4.79 Å². The largest absolute Gasteiger partial charge is 0.508 e. The number of carbonyl (C=O) groups excluding carboxylic acids is 2. The number of hydrogen-bond acceptors (Lipinski definition) is 4. The highest BCUT2D eigenvalue weighted by Gasteiger charge is 2.35. The van der Waals surface area contributed by atoms with Crippen LogP contribution in [0.5, 0.6) is 5.75 Å². The molecule has 0 aromatic heterocycles. The molecule has 6 nitrogen and oxygen atoms in total. The Balaban J connectivity index is 1.27. The zero-order valence-corrected chi connectivity index (χ0v) is 15.1. The molecule has 0 spiro atoms. The molecular weight excluding hydrogens is 330 g/mol. The zero-order valence-electron chi connectivity index (χ0n) is 15.1. The van der Waals surface area contributed by atoms with Crippen molar-refractivity contribution in [3.63, 3.8) is 0 Å². The molecule has 0 aliphatic carbocycles. The van der Waals surface area contributed by atoms with E-state index in [9.17, 15) is 14.7 Å². The van der Waals surface area contributed by atoms with Crippen LogP contribution in [0, 0.1) is 5.92 Å². The summed E-state index contributed by atoms with van der Waals surface area (Å²) in [7, 11) is 0. The molecule has 2 unspecified atom stereocenters. The van der Waals surface area contributed by atoms with Gasteiger partial charge in [0.2, 0.25) is 5.91 Å². The number of nitrogens with zero attached hydrogens (tertiary/aromatic N) is 2. The molecule has 3 aliphatic heterocycles. The summed E-state index contributed by atoms with van der Waals surface area (Å²) in [5.74, 6) is 0.876. The second-order valence-corrected chi connectivity index (χ2v) is 7.90. The Morgan fingerprint density at radius 2 is 1.54 bits per heavy atom. The van der Waals surface area contributed by atoms with Crippen LogP contribution in [0.25, 0.3) is 0 Å². The van der Waals surface area contributed by atoms with E-state index in [-0.39, 0.29) is 17.6 Å². The maximum Gasteiger partial charge on any atom is 0.253 e. The van der Waals surface area contributed by atoms with Crippen LogP contribution in [0.1, 0.15) is 42.5 Å². The molecular formula is C20H27N3O3. The maximum atomic E-state index is 12.7. The van der Waals surface area contributed by atoms with E-state index in [1.54, 1.807) is 17.0 Å². The normalized spacial score (nSPS) is 28.2. The second kappa shape index (κ2) is 7.27. The Morgan fingerprint density at radius 3 is 2.15 bits per heavy atom. The quantitative estimate of drug-likeness (QED) is 0.862. The molecule has 140 valence electrons. The van der Waals surface area contributed by atoms with Crippen molar-refractivity contribution in [3.8, 4) is 5.75 Å². The van der Waals surface area contributed by atoms with Crippen molar-refractivity contribution in [2.75, 3.05) is 26.2 Å². The van der Waals surface area contributed by atoms with Gasteiger partial charge in [0.25, 0.3) is 5.91 Å². The van der Waals surface area contributed by atoms with Crippen LogP contribution >= 0.6 is 0 Å². The van der Waals surface area contributed by atoms with Gasteiger partial charge < -0.3 is 20.2 Å². The van der Waals surface area contributed by atoms with E-state index < -0.39 is 0 Å². The average molecular weight is 357 g/mol. The minimum Gasteiger partial charge on any atom is -0.508 e. The smallest absolute Gasteiger partial charge is 0.253 e. The molecule has 3 saturated heterocycles. The number of aromatic hydroxyl groups is 1. The number of fused-ring (bicyclic) bond motifs is 2. The molecule has 3 fully saturated rings. The van der Waals surface area contributed by atoms with Crippen molar-refractivity contribution >= 4 is 11.8 Å². The van der Waals surface area contributed by atoms with Crippen molar-refractivity contribution in [1.29, 1.82) is 0 Å². The number of piperidine rings is 1. The first-order chi connectivity index (χ1) is 12.6. The number of phenolic OH excluding ortho intramolecular Hbond substituents is 1. The fourth-order valence-electron chi connectivity index (χ4n) is 4.66. The first kappa shape index (κ1) is 17.3. The van der Waals surface area contributed by atoms with E-state index in [0.29, 0.717) is 56.2 Å². The number of rotatable bonds is 3. The highest BCUT2D eigenvalue weighted by atomic mass is 16.3. The molecule has 0 saturated carbocycles. The van der Waals surface area contributed by atoms with Crippen LogP contribution in [0.15, 0.2) is 24.3 Å². The molecule has 3 heterocycles. The van der Waals surface area contributed by atoms with Crippen LogP contribution in [0.2, 0.25) is 0 Å². The van der Waals surface area contributed by atoms with Gasteiger partial charge in [-0.3, -0.25) is 9.59 Å². The summed E-state index contributed by atoms with van der Waals surface area (Å²) in [6, 6.07) is 7.57. The Hall–Kier alpha value is -2.08. The SMILES string of the molecule is O=C(CC1CC2CCC(C1)N2)N1CCN(C(=O)c2ccc(O)cc2)CC1. The van der Waals surface area contributed by atoms with E-state index >= 15 is 0 Å². The number of amides is 2. The third-order valence-corrected chi connectivity index (χ3v) is 6.07. The molecule has 26 heavy (non-hydrogen) atoms. The van der Waals surface area contributed by atoms with Gasteiger partial charge in [-0.2, -0.15) is 0 Å². The minimum atomic E-state index is -0.0352. The minimum absolute atomic E-state index is 0.0352. The van der Waals surface area contributed by atoms with Gasteiger partial charge in [-0.25, -0.2) is 0 Å². The maximum absolute atomic E-state index is 12.7. The van der Waals surface area contributed by atoms with E-state index in [1.165, 1.54) is 25.0 Å². The summed E-state index contributed by atoms with van der Waals surface area (Å²) in [5, 5.41) is 13.0. The Bertz CT molecular complexity index is 655. The highest BCUT2D eigenvalue weighted by molar-refractivity contribution is 5.94. The summed E-state index contributed by atoms with van der Waals surface area (Å²) in [6.45, 7) is 2.37. The number of hydrogen-bond donors (Lipinski definition) is 2. The predicted octanol–water partition coefficient (Wildman–Crippen LogP) is 1.60. The van der Waals surface area contributed by atoms with Gasteiger partial charge in [0.05, 0.1) is 0 Å². The fourth-order valence-corrected chi connectivity index (χ4v) is 4.66. The zero-order chi connectivity index (χ0) is 18.1. The van der Waals surface area contributed by atoms with Gasteiger partial charge in [-0.05, 0) is 55.9 Å². The lowest BCUT2D eigenvalue weighted by Gasteiger charge is -2.36. The molecule has 1 aromatic rings. The first-order valence-electron chi connectivity index (χ1n) is 9.70. The topological polar surface area (TPSA) is 72.9 Å². The molecule has 6 heteroatoms. The van der Waals surface area contributed by atoms with Crippen molar-refractivity contribution in [2.24, 2.45) is 5.92 Å². The van der Waals surface area contributed by atoms with Gasteiger partial charge in [-0.1, -0.05) is 0 Å². The van der Waals surface area contributed by atoms with Crippen LogP contribution in [0.4, 0.5) is 0 Å². The van der Waals surface area contributed by atoms with E-state index in [2.05, 4.69) is 5.32 Å². The van der Waals surface area contributed by atoms with Crippen LogP contribution < -0.4 is 5.32 Å². The highest BCUT2D eigenvalue weighted by Crippen LogP contribution is 2.33. The molecule has 2 atom stereocenters. The monoisotopic (exact) mass is 357 g/mol. The van der Waals surface area contributed by atoms with E-state index in [1.807, 2.05) is 4.90 Å². The molecule has 2 bridgehead atoms. The summed E-state index contributed by atoms with van der Waals surface area (Å²) < 4.78 is 0. The lowest BCUT2D eigenvalue weighted by Crippen LogP contribution is -2.51. The van der Waals surface area contributed by atoms with E-state index in [4.69, 9.17) is 0 Å². The van der Waals surface area contributed by atoms with Gasteiger partial charge >= 0.3 is 0 Å². The Morgan fingerprint density at radius 1 is 0.962 bits per heavy atom. The van der Waals surface area contributed by atoms with Crippen molar-refractivity contribution in [2.45, 2.75) is 44.2 Å². The number of phenols is 1. The second-order valence-electron chi connectivity index (χ2n) is 7.90.